The average Bonchev–Trinajstić information content (AvgIpc) is 2.39. The van der Waals surface area contributed by atoms with Crippen molar-refractivity contribution < 1.29 is 5.11 Å². The first-order valence-electron chi connectivity index (χ1n) is 7.05. The predicted octanol–water partition coefficient (Wildman–Crippen LogP) is 4.68. The molecule has 0 unspecified atom stereocenters. The van der Waals surface area contributed by atoms with Gasteiger partial charge in [-0.05, 0) is 25.3 Å². The zero-order valence-corrected chi connectivity index (χ0v) is 11.9. The van der Waals surface area contributed by atoms with Crippen LogP contribution in [0.3, 0.4) is 0 Å². The maximum atomic E-state index is 10.2. The zero-order valence-electron chi connectivity index (χ0n) is 11.9. The van der Waals surface area contributed by atoms with Crippen LogP contribution in [0, 0.1) is 0 Å². The van der Waals surface area contributed by atoms with Crippen molar-refractivity contribution in [2.75, 3.05) is 0 Å². The molecule has 2 atom stereocenters. The second-order valence-electron chi connectivity index (χ2n) is 5.16. The fraction of sp³-hybridized carbons (Fsp3) is 0.529. The third-order valence-electron chi connectivity index (χ3n) is 3.47. The highest BCUT2D eigenvalue weighted by Crippen LogP contribution is 2.21. The van der Waals surface area contributed by atoms with Gasteiger partial charge in [-0.25, -0.2) is 0 Å². The Morgan fingerprint density at radius 1 is 1.22 bits per heavy atom. The summed E-state index contributed by atoms with van der Waals surface area (Å²) in [7, 11) is 0. The predicted molar refractivity (Wildman–Crippen MR) is 78.8 cm³/mol. The molecule has 0 heterocycles. The van der Waals surface area contributed by atoms with Crippen molar-refractivity contribution in [2.45, 2.75) is 58.5 Å². The maximum Gasteiger partial charge on any atom is 0.0789 e. The van der Waals surface area contributed by atoms with Crippen LogP contribution in [0.1, 0.15) is 57.9 Å². The molecule has 0 aliphatic rings. The molecule has 0 bridgehead atoms. The number of aliphatic hydroxyl groups excluding tert-OH is 1. The molecular formula is C17H26O. The van der Waals surface area contributed by atoms with Gasteiger partial charge in [0, 0.05) is 5.92 Å². The van der Waals surface area contributed by atoms with Crippen molar-refractivity contribution >= 4 is 0 Å². The zero-order chi connectivity index (χ0) is 13.4. The summed E-state index contributed by atoms with van der Waals surface area (Å²) in [6, 6.07) is 10.2. The molecular weight excluding hydrogens is 220 g/mol. The lowest BCUT2D eigenvalue weighted by Gasteiger charge is -2.17. The summed E-state index contributed by atoms with van der Waals surface area (Å²) in [5.41, 5.74) is 2.50. The molecule has 0 spiro atoms. The van der Waals surface area contributed by atoms with Gasteiger partial charge in [0.25, 0.3) is 0 Å². The molecule has 100 valence electrons. The first-order valence-corrected chi connectivity index (χ1v) is 7.05. The van der Waals surface area contributed by atoms with Crippen LogP contribution in [0.5, 0.6) is 0 Å². The van der Waals surface area contributed by atoms with Crippen LogP contribution in [0.4, 0.5) is 0 Å². The van der Waals surface area contributed by atoms with Crippen molar-refractivity contribution in [1.29, 1.82) is 0 Å². The second-order valence-corrected chi connectivity index (χ2v) is 5.16. The normalized spacial score (nSPS) is 15.4. The summed E-state index contributed by atoms with van der Waals surface area (Å²) in [4.78, 5) is 0. The lowest BCUT2D eigenvalue weighted by atomic mass is 9.93. The van der Waals surface area contributed by atoms with E-state index in [4.69, 9.17) is 0 Å². The van der Waals surface area contributed by atoms with Crippen LogP contribution in [-0.4, -0.2) is 11.2 Å². The third kappa shape index (κ3) is 5.05. The van der Waals surface area contributed by atoms with E-state index in [2.05, 4.69) is 32.9 Å². The molecule has 1 aromatic rings. The molecule has 1 N–H and O–H groups in total. The molecule has 18 heavy (non-hydrogen) atoms. The lowest BCUT2D eigenvalue weighted by molar-refractivity contribution is 0.196. The molecule has 1 rings (SSSR count). The molecule has 0 aromatic heterocycles. The highest BCUT2D eigenvalue weighted by molar-refractivity contribution is 5.22. The van der Waals surface area contributed by atoms with Crippen molar-refractivity contribution in [3.8, 4) is 0 Å². The highest BCUT2D eigenvalue weighted by Gasteiger charge is 2.13. The van der Waals surface area contributed by atoms with Gasteiger partial charge in [-0.2, -0.15) is 0 Å². The van der Waals surface area contributed by atoms with Crippen LogP contribution in [0.2, 0.25) is 0 Å². The molecule has 0 saturated carbocycles. The van der Waals surface area contributed by atoms with Gasteiger partial charge in [-0.3, -0.25) is 0 Å². The Labute approximate surface area is 112 Å². The van der Waals surface area contributed by atoms with Crippen molar-refractivity contribution in [3.05, 3.63) is 47.5 Å². The van der Waals surface area contributed by atoms with E-state index >= 15 is 0 Å². The Balaban J connectivity index is 2.53. The second kappa shape index (κ2) is 8.10. The monoisotopic (exact) mass is 246 g/mol. The summed E-state index contributed by atoms with van der Waals surface area (Å²) in [6.45, 7) is 6.41. The fourth-order valence-corrected chi connectivity index (χ4v) is 2.13. The van der Waals surface area contributed by atoms with Crippen LogP contribution in [-0.2, 0) is 0 Å². The number of hydrogen-bond acceptors (Lipinski definition) is 1. The molecule has 1 nitrogen and oxygen atoms in total. The summed E-state index contributed by atoms with van der Waals surface area (Å²) < 4.78 is 0. The van der Waals surface area contributed by atoms with Crippen LogP contribution in [0.15, 0.2) is 42.0 Å². The Morgan fingerprint density at radius 2 is 1.89 bits per heavy atom. The van der Waals surface area contributed by atoms with Crippen molar-refractivity contribution in [3.63, 3.8) is 0 Å². The standard InChI is InChI=1S/C17H26O/c1-4-5-7-10-14(2)13-17(18)15(3)16-11-8-6-9-12-16/h6,8-9,11-13,15,17-18H,4-5,7,10H2,1-3H3/b14-13+/t15-,17-/m0/s1. The van der Waals surface area contributed by atoms with E-state index < -0.39 is 0 Å². The number of allylic oxidation sites excluding steroid dienone is 1. The minimum atomic E-state index is -0.381. The van der Waals surface area contributed by atoms with Gasteiger partial charge < -0.3 is 5.11 Å². The van der Waals surface area contributed by atoms with E-state index in [0.29, 0.717) is 0 Å². The number of hydrogen-bond donors (Lipinski definition) is 1. The summed E-state index contributed by atoms with van der Waals surface area (Å²) in [5.74, 6) is 0.160. The largest absolute Gasteiger partial charge is 0.388 e. The topological polar surface area (TPSA) is 20.2 Å². The summed E-state index contributed by atoms with van der Waals surface area (Å²) in [5, 5.41) is 10.2. The van der Waals surface area contributed by atoms with Gasteiger partial charge in [0.1, 0.15) is 0 Å². The average molecular weight is 246 g/mol. The van der Waals surface area contributed by atoms with E-state index in [9.17, 15) is 5.11 Å². The molecule has 0 aliphatic carbocycles. The molecule has 0 radical (unpaired) electrons. The first kappa shape index (κ1) is 15.0. The smallest absolute Gasteiger partial charge is 0.0789 e. The van der Waals surface area contributed by atoms with E-state index in [1.54, 1.807) is 0 Å². The Bertz CT molecular complexity index is 353. The van der Waals surface area contributed by atoms with E-state index in [1.807, 2.05) is 24.3 Å². The van der Waals surface area contributed by atoms with Gasteiger partial charge in [0.15, 0.2) is 0 Å². The molecule has 1 aromatic carbocycles. The van der Waals surface area contributed by atoms with Crippen molar-refractivity contribution in [2.24, 2.45) is 0 Å². The van der Waals surface area contributed by atoms with Gasteiger partial charge >= 0.3 is 0 Å². The fourth-order valence-electron chi connectivity index (χ4n) is 2.13. The SMILES string of the molecule is CCCCC/C(C)=C/[C@H](O)[C@@H](C)c1ccccc1. The first-order chi connectivity index (χ1) is 8.65. The summed E-state index contributed by atoms with van der Waals surface area (Å²) >= 11 is 0. The number of unbranched alkanes of at least 4 members (excludes halogenated alkanes) is 2. The quantitative estimate of drug-likeness (QED) is 0.547. The summed E-state index contributed by atoms with van der Waals surface area (Å²) in [6.07, 6.45) is 6.49. The molecule has 0 fully saturated rings. The van der Waals surface area contributed by atoms with Gasteiger partial charge in [0.05, 0.1) is 6.10 Å². The van der Waals surface area contributed by atoms with E-state index in [0.717, 1.165) is 6.42 Å². The highest BCUT2D eigenvalue weighted by atomic mass is 16.3. The van der Waals surface area contributed by atoms with Crippen molar-refractivity contribution in [1.82, 2.24) is 0 Å². The van der Waals surface area contributed by atoms with E-state index in [-0.39, 0.29) is 12.0 Å². The van der Waals surface area contributed by atoms with Gasteiger partial charge in [-0.1, -0.05) is 68.7 Å². The molecule has 0 aliphatic heterocycles. The van der Waals surface area contributed by atoms with Gasteiger partial charge in [-0.15, -0.1) is 0 Å². The van der Waals surface area contributed by atoms with E-state index in [1.165, 1.54) is 30.4 Å². The Kier molecular flexibility index (Phi) is 6.74. The minimum absolute atomic E-state index is 0.160. The molecule has 0 amide bonds. The van der Waals surface area contributed by atoms with Crippen LogP contribution in [0.25, 0.3) is 0 Å². The maximum absolute atomic E-state index is 10.2. The Hall–Kier alpha value is -1.08. The number of rotatable bonds is 7. The van der Waals surface area contributed by atoms with Crippen LogP contribution < -0.4 is 0 Å². The minimum Gasteiger partial charge on any atom is -0.388 e. The molecule has 0 saturated heterocycles. The van der Waals surface area contributed by atoms with Crippen LogP contribution >= 0.6 is 0 Å². The number of benzene rings is 1. The van der Waals surface area contributed by atoms with Gasteiger partial charge in [0.2, 0.25) is 0 Å². The lowest BCUT2D eigenvalue weighted by Crippen LogP contribution is -2.13. The molecule has 1 heteroatoms. The third-order valence-corrected chi connectivity index (χ3v) is 3.47. The number of aliphatic hydroxyl groups is 1. The Morgan fingerprint density at radius 3 is 2.50 bits per heavy atom.